The van der Waals surface area contributed by atoms with E-state index >= 15 is 0 Å². The first-order valence-corrected chi connectivity index (χ1v) is 6.92. The smallest absolute Gasteiger partial charge is 0.123 e. The summed E-state index contributed by atoms with van der Waals surface area (Å²) in [6.07, 6.45) is 0. The third-order valence-electron chi connectivity index (χ3n) is 3.71. The molecule has 4 heteroatoms. The Labute approximate surface area is 115 Å². The largest absolute Gasteiger partial charge is 0.496 e. The normalized spacial score (nSPS) is 17.6. The number of hydrogen-bond donors (Lipinski definition) is 1. The Morgan fingerprint density at radius 1 is 1.16 bits per heavy atom. The Bertz CT molecular complexity index is 401. The predicted octanol–water partition coefficient (Wildman–Crippen LogP) is 1.11. The van der Waals surface area contributed by atoms with Crippen LogP contribution in [0, 0.1) is 6.92 Å². The van der Waals surface area contributed by atoms with E-state index in [0.717, 1.165) is 45.0 Å². The second-order valence-electron chi connectivity index (χ2n) is 5.16. The second kappa shape index (κ2) is 6.89. The monoisotopic (exact) mass is 264 g/mol. The molecule has 1 saturated heterocycles. The number of rotatable bonds is 5. The van der Waals surface area contributed by atoms with E-state index in [1.807, 2.05) is 6.07 Å². The molecule has 0 saturated carbocycles. The number of methoxy groups -OCH3 is 1. The Kier molecular flexibility index (Phi) is 5.19. The Balaban J connectivity index is 1.93. The van der Waals surface area contributed by atoms with Gasteiger partial charge >= 0.3 is 0 Å². The van der Waals surface area contributed by atoms with Crippen LogP contribution < -0.4 is 4.74 Å². The van der Waals surface area contributed by atoms with E-state index in [4.69, 9.17) is 9.84 Å². The first kappa shape index (κ1) is 14.3. The first-order valence-electron chi connectivity index (χ1n) is 6.92. The Morgan fingerprint density at radius 3 is 2.47 bits per heavy atom. The van der Waals surface area contributed by atoms with Crippen molar-refractivity contribution in [3.8, 4) is 5.75 Å². The van der Waals surface area contributed by atoms with Gasteiger partial charge in [-0.25, -0.2) is 0 Å². The number of benzene rings is 1. The van der Waals surface area contributed by atoms with Crippen molar-refractivity contribution in [3.63, 3.8) is 0 Å². The highest BCUT2D eigenvalue weighted by Crippen LogP contribution is 2.21. The summed E-state index contributed by atoms with van der Waals surface area (Å²) < 4.78 is 5.43. The molecule has 19 heavy (non-hydrogen) atoms. The zero-order valence-corrected chi connectivity index (χ0v) is 11.9. The van der Waals surface area contributed by atoms with Gasteiger partial charge < -0.3 is 9.84 Å². The van der Waals surface area contributed by atoms with E-state index in [2.05, 4.69) is 28.9 Å². The van der Waals surface area contributed by atoms with Crippen molar-refractivity contribution in [2.24, 2.45) is 0 Å². The molecule has 1 N–H and O–H groups in total. The maximum atomic E-state index is 8.95. The van der Waals surface area contributed by atoms with Crippen LogP contribution in [-0.4, -0.2) is 61.3 Å². The third-order valence-corrected chi connectivity index (χ3v) is 3.71. The summed E-state index contributed by atoms with van der Waals surface area (Å²) in [5.41, 5.74) is 2.54. The minimum atomic E-state index is 0.256. The molecule has 0 bridgehead atoms. The highest BCUT2D eigenvalue weighted by atomic mass is 16.5. The maximum Gasteiger partial charge on any atom is 0.123 e. The number of nitrogens with zero attached hydrogens (tertiary/aromatic N) is 2. The van der Waals surface area contributed by atoms with E-state index in [0.29, 0.717) is 0 Å². The number of hydrogen-bond acceptors (Lipinski definition) is 4. The molecule has 1 aromatic rings. The van der Waals surface area contributed by atoms with Crippen molar-refractivity contribution in [3.05, 3.63) is 29.3 Å². The van der Waals surface area contributed by atoms with Gasteiger partial charge in [0, 0.05) is 44.8 Å². The SMILES string of the molecule is COc1ccc(C)cc1CN1CCN(CCO)CC1. The van der Waals surface area contributed by atoms with E-state index in [-0.39, 0.29) is 6.61 Å². The predicted molar refractivity (Wildman–Crippen MR) is 76.5 cm³/mol. The summed E-state index contributed by atoms with van der Waals surface area (Å²) >= 11 is 0. The average Bonchev–Trinajstić information content (AvgIpc) is 2.42. The fourth-order valence-corrected chi connectivity index (χ4v) is 2.58. The van der Waals surface area contributed by atoms with Crippen molar-refractivity contribution < 1.29 is 9.84 Å². The first-order chi connectivity index (χ1) is 9.22. The van der Waals surface area contributed by atoms with Gasteiger partial charge in [0.1, 0.15) is 5.75 Å². The summed E-state index contributed by atoms with van der Waals surface area (Å²) in [7, 11) is 1.73. The fourth-order valence-electron chi connectivity index (χ4n) is 2.58. The van der Waals surface area contributed by atoms with Gasteiger partial charge in [0.15, 0.2) is 0 Å². The van der Waals surface area contributed by atoms with Gasteiger partial charge in [0.05, 0.1) is 13.7 Å². The standard InChI is InChI=1S/C15H24N2O2/c1-13-3-4-15(19-2)14(11-13)12-17-7-5-16(6-8-17)9-10-18/h3-4,11,18H,5-10,12H2,1-2H3. The van der Waals surface area contributed by atoms with Gasteiger partial charge in [-0.3, -0.25) is 9.80 Å². The molecule has 1 heterocycles. The number of piperazine rings is 1. The summed E-state index contributed by atoms with van der Waals surface area (Å²) in [6.45, 7) is 8.28. The van der Waals surface area contributed by atoms with Crippen LogP contribution in [0.4, 0.5) is 0 Å². The Morgan fingerprint density at radius 2 is 1.84 bits per heavy atom. The molecule has 1 aromatic carbocycles. The molecule has 0 aromatic heterocycles. The summed E-state index contributed by atoms with van der Waals surface area (Å²) in [5, 5.41) is 8.95. The lowest BCUT2D eigenvalue weighted by Crippen LogP contribution is -2.46. The molecule has 1 aliphatic rings. The number of β-amino-alcohol motifs (C(OH)–C–C–N with tert-alkyl or cyclic N) is 1. The van der Waals surface area contributed by atoms with Crippen LogP contribution in [-0.2, 0) is 6.54 Å². The highest BCUT2D eigenvalue weighted by Gasteiger charge is 2.17. The van der Waals surface area contributed by atoms with E-state index in [1.54, 1.807) is 7.11 Å². The molecule has 0 atom stereocenters. The molecule has 106 valence electrons. The van der Waals surface area contributed by atoms with Crippen LogP contribution in [0.1, 0.15) is 11.1 Å². The molecule has 0 aliphatic carbocycles. The zero-order chi connectivity index (χ0) is 13.7. The van der Waals surface area contributed by atoms with Gasteiger partial charge in [0.25, 0.3) is 0 Å². The van der Waals surface area contributed by atoms with Crippen LogP contribution in [0.5, 0.6) is 5.75 Å². The maximum absolute atomic E-state index is 8.95. The second-order valence-corrected chi connectivity index (χ2v) is 5.16. The van der Waals surface area contributed by atoms with Crippen molar-refractivity contribution in [2.45, 2.75) is 13.5 Å². The van der Waals surface area contributed by atoms with Crippen molar-refractivity contribution in [2.75, 3.05) is 46.4 Å². The quantitative estimate of drug-likeness (QED) is 0.864. The molecule has 0 spiro atoms. The number of ether oxygens (including phenoxy) is 1. The molecular weight excluding hydrogens is 240 g/mol. The molecule has 4 nitrogen and oxygen atoms in total. The minimum Gasteiger partial charge on any atom is -0.496 e. The number of aryl methyl sites for hydroxylation is 1. The highest BCUT2D eigenvalue weighted by molar-refractivity contribution is 5.36. The lowest BCUT2D eigenvalue weighted by atomic mass is 10.1. The van der Waals surface area contributed by atoms with Crippen molar-refractivity contribution in [1.82, 2.24) is 9.80 Å². The fraction of sp³-hybridized carbons (Fsp3) is 0.600. The van der Waals surface area contributed by atoms with Crippen molar-refractivity contribution >= 4 is 0 Å². The minimum absolute atomic E-state index is 0.256. The molecular formula is C15H24N2O2. The van der Waals surface area contributed by atoms with E-state index < -0.39 is 0 Å². The zero-order valence-electron chi connectivity index (χ0n) is 11.9. The van der Waals surface area contributed by atoms with Crippen molar-refractivity contribution in [1.29, 1.82) is 0 Å². The average molecular weight is 264 g/mol. The van der Waals surface area contributed by atoms with Crippen LogP contribution >= 0.6 is 0 Å². The molecule has 1 fully saturated rings. The third kappa shape index (κ3) is 3.93. The summed E-state index contributed by atoms with van der Waals surface area (Å²) in [4.78, 5) is 4.76. The molecule has 0 unspecified atom stereocenters. The molecule has 0 amide bonds. The topological polar surface area (TPSA) is 35.9 Å². The van der Waals surface area contributed by atoms with Gasteiger partial charge in [0.2, 0.25) is 0 Å². The van der Waals surface area contributed by atoms with Crippen LogP contribution in [0.2, 0.25) is 0 Å². The molecule has 1 aliphatic heterocycles. The van der Waals surface area contributed by atoms with E-state index in [1.165, 1.54) is 11.1 Å². The molecule has 0 radical (unpaired) electrons. The Hall–Kier alpha value is -1.10. The van der Waals surface area contributed by atoms with Gasteiger partial charge in [-0.15, -0.1) is 0 Å². The van der Waals surface area contributed by atoms with Gasteiger partial charge in [-0.2, -0.15) is 0 Å². The van der Waals surface area contributed by atoms with Crippen LogP contribution in [0.15, 0.2) is 18.2 Å². The van der Waals surface area contributed by atoms with Crippen LogP contribution in [0.25, 0.3) is 0 Å². The summed E-state index contributed by atoms with van der Waals surface area (Å²) in [5.74, 6) is 0.975. The van der Waals surface area contributed by atoms with Crippen LogP contribution in [0.3, 0.4) is 0 Å². The molecule has 2 rings (SSSR count). The summed E-state index contributed by atoms with van der Waals surface area (Å²) in [6, 6.07) is 6.34. The van der Waals surface area contributed by atoms with Gasteiger partial charge in [-0.05, 0) is 13.0 Å². The van der Waals surface area contributed by atoms with Gasteiger partial charge in [-0.1, -0.05) is 17.7 Å². The lowest BCUT2D eigenvalue weighted by Gasteiger charge is -2.34. The van der Waals surface area contributed by atoms with E-state index in [9.17, 15) is 0 Å². The lowest BCUT2D eigenvalue weighted by molar-refractivity contribution is 0.108. The number of aliphatic hydroxyl groups is 1. The number of aliphatic hydroxyl groups excluding tert-OH is 1.